The summed E-state index contributed by atoms with van der Waals surface area (Å²) >= 11 is 0. The summed E-state index contributed by atoms with van der Waals surface area (Å²) in [4.78, 5) is 21.3. The van der Waals surface area contributed by atoms with Crippen LogP contribution < -0.4 is 16.0 Å². The van der Waals surface area contributed by atoms with Crippen molar-refractivity contribution in [3.63, 3.8) is 0 Å². The lowest BCUT2D eigenvalue weighted by Gasteiger charge is -2.10. The fourth-order valence-electron chi connectivity index (χ4n) is 3.07. The largest absolute Gasteiger partial charge is 0.370 e. The number of aromatic nitrogens is 3. The molecule has 3 aromatic heterocycles. The lowest BCUT2D eigenvalue weighted by molar-refractivity contribution is 0.102. The Morgan fingerprint density at radius 1 is 1.00 bits per heavy atom. The SMILES string of the molecule is CCNc1cc(Nc2ccc(NC(=O)c3cc4ccccn4c3)cc2)nc(C)n1. The molecule has 3 heterocycles. The maximum Gasteiger partial charge on any atom is 0.257 e. The lowest BCUT2D eigenvalue weighted by Crippen LogP contribution is -2.10. The van der Waals surface area contributed by atoms with E-state index >= 15 is 0 Å². The Hall–Kier alpha value is -3.87. The van der Waals surface area contributed by atoms with E-state index in [0.29, 0.717) is 17.2 Å². The molecule has 146 valence electrons. The average molecular weight is 386 g/mol. The molecule has 29 heavy (non-hydrogen) atoms. The highest BCUT2D eigenvalue weighted by atomic mass is 16.1. The molecule has 0 atom stereocenters. The molecule has 0 aliphatic heterocycles. The summed E-state index contributed by atoms with van der Waals surface area (Å²) in [6.07, 6.45) is 3.74. The Bertz CT molecular complexity index is 1120. The first-order chi connectivity index (χ1) is 14.1. The molecule has 0 radical (unpaired) electrons. The van der Waals surface area contributed by atoms with Gasteiger partial charge in [-0.1, -0.05) is 6.07 Å². The normalized spacial score (nSPS) is 10.7. The van der Waals surface area contributed by atoms with E-state index < -0.39 is 0 Å². The van der Waals surface area contributed by atoms with Crippen molar-refractivity contribution in [2.75, 3.05) is 22.5 Å². The van der Waals surface area contributed by atoms with E-state index in [2.05, 4.69) is 25.9 Å². The number of hydrogen-bond acceptors (Lipinski definition) is 5. The van der Waals surface area contributed by atoms with Gasteiger partial charge in [0.2, 0.25) is 0 Å². The highest BCUT2D eigenvalue weighted by Gasteiger charge is 2.09. The van der Waals surface area contributed by atoms with Crippen LogP contribution in [0.15, 0.2) is 67.0 Å². The zero-order chi connectivity index (χ0) is 20.2. The Balaban J connectivity index is 1.44. The van der Waals surface area contributed by atoms with Crippen LogP contribution in [0.4, 0.5) is 23.0 Å². The van der Waals surface area contributed by atoms with Crippen LogP contribution >= 0.6 is 0 Å². The molecule has 0 spiro atoms. The van der Waals surface area contributed by atoms with Crippen LogP contribution in [-0.2, 0) is 0 Å². The third kappa shape index (κ3) is 4.35. The number of anilines is 4. The van der Waals surface area contributed by atoms with Crippen molar-refractivity contribution < 1.29 is 4.79 Å². The van der Waals surface area contributed by atoms with Gasteiger partial charge in [0.15, 0.2) is 0 Å². The second-order valence-electron chi connectivity index (χ2n) is 6.63. The van der Waals surface area contributed by atoms with Gasteiger partial charge >= 0.3 is 0 Å². The summed E-state index contributed by atoms with van der Waals surface area (Å²) in [5.74, 6) is 2.04. The molecule has 0 fully saturated rings. The van der Waals surface area contributed by atoms with Gasteiger partial charge in [0, 0.05) is 41.9 Å². The van der Waals surface area contributed by atoms with Gasteiger partial charge in [-0.2, -0.15) is 0 Å². The first-order valence-electron chi connectivity index (χ1n) is 9.45. The maximum atomic E-state index is 12.5. The standard InChI is InChI=1S/C22H22N6O/c1-3-23-20-13-21(25-15(2)24-20)26-17-7-9-18(10-8-17)27-22(29)16-12-19-6-4-5-11-28(19)14-16/h4-14H,3H2,1-2H3,(H,27,29)(H2,23,24,25,26). The fraction of sp³-hybridized carbons (Fsp3) is 0.136. The topological polar surface area (TPSA) is 83.3 Å². The molecule has 0 aliphatic rings. The van der Waals surface area contributed by atoms with E-state index in [-0.39, 0.29) is 5.91 Å². The Morgan fingerprint density at radius 3 is 2.52 bits per heavy atom. The molecular formula is C22H22N6O. The summed E-state index contributed by atoms with van der Waals surface area (Å²) in [5.41, 5.74) is 3.20. The quantitative estimate of drug-likeness (QED) is 0.455. The predicted molar refractivity (Wildman–Crippen MR) is 116 cm³/mol. The fourth-order valence-corrected chi connectivity index (χ4v) is 3.07. The highest BCUT2D eigenvalue weighted by Crippen LogP contribution is 2.20. The third-order valence-electron chi connectivity index (χ3n) is 4.38. The first-order valence-corrected chi connectivity index (χ1v) is 9.45. The van der Waals surface area contributed by atoms with Gasteiger partial charge in [0.05, 0.1) is 5.56 Å². The number of benzene rings is 1. The molecule has 0 saturated heterocycles. The minimum atomic E-state index is -0.142. The molecule has 4 rings (SSSR count). The number of fused-ring (bicyclic) bond motifs is 1. The number of carbonyl (C=O) groups is 1. The predicted octanol–water partition coefficient (Wildman–Crippen LogP) is 4.47. The van der Waals surface area contributed by atoms with Gasteiger partial charge in [-0.3, -0.25) is 4.79 Å². The van der Waals surface area contributed by atoms with Crippen LogP contribution in [0, 0.1) is 6.92 Å². The molecule has 7 heteroatoms. The molecule has 0 unspecified atom stereocenters. The molecule has 0 aliphatic carbocycles. The first kappa shape index (κ1) is 18.5. The van der Waals surface area contributed by atoms with Gasteiger partial charge in [-0.25, -0.2) is 9.97 Å². The van der Waals surface area contributed by atoms with E-state index in [1.54, 1.807) is 0 Å². The summed E-state index contributed by atoms with van der Waals surface area (Å²) in [5, 5.41) is 9.39. The zero-order valence-corrected chi connectivity index (χ0v) is 16.3. The Morgan fingerprint density at radius 2 is 1.76 bits per heavy atom. The van der Waals surface area contributed by atoms with Crippen LogP contribution in [0.25, 0.3) is 5.52 Å². The van der Waals surface area contributed by atoms with Crippen molar-refractivity contribution in [1.82, 2.24) is 14.4 Å². The minimum Gasteiger partial charge on any atom is -0.370 e. The smallest absolute Gasteiger partial charge is 0.257 e. The number of rotatable bonds is 6. The van der Waals surface area contributed by atoms with Gasteiger partial charge in [0.1, 0.15) is 17.5 Å². The van der Waals surface area contributed by atoms with E-state index in [0.717, 1.165) is 29.3 Å². The maximum absolute atomic E-state index is 12.5. The van der Waals surface area contributed by atoms with Gasteiger partial charge in [0.25, 0.3) is 5.91 Å². The molecule has 1 aromatic carbocycles. The van der Waals surface area contributed by atoms with Gasteiger partial charge < -0.3 is 20.4 Å². The number of hydrogen-bond donors (Lipinski definition) is 3. The second-order valence-corrected chi connectivity index (χ2v) is 6.63. The molecular weight excluding hydrogens is 364 g/mol. The van der Waals surface area contributed by atoms with Gasteiger partial charge in [-0.15, -0.1) is 0 Å². The van der Waals surface area contributed by atoms with Gasteiger partial charge in [-0.05, 0) is 56.3 Å². The number of pyridine rings is 1. The summed E-state index contributed by atoms with van der Waals surface area (Å²) < 4.78 is 1.92. The summed E-state index contributed by atoms with van der Waals surface area (Å²) in [6.45, 7) is 4.67. The van der Waals surface area contributed by atoms with Crippen molar-refractivity contribution in [1.29, 1.82) is 0 Å². The average Bonchev–Trinajstić information content (AvgIpc) is 3.14. The van der Waals surface area contributed by atoms with Crippen molar-refractivity contribution >= 4 is 34.4 Å². The summed E-state index contributed by atoms with van der Waals surface area (Å²) in [7, 11) is 0. The molecule has 0 bridgehead atoms. The second kappa shape index (κ2) is 8.02. The lowest BCUT2D eigenvalue weighted by atomic mass is 10.2. The van der Waals surface area contributed by atoms with Crippen LogP contribution in [0.5, 0.6) is 0 Å². The van der Waals surface area contributed by atoms with Crippen molar-refractivity contribution in [3.05, 3.63) is 78.4 Å². The number of nitrogens with one attached hydrogen (secondary N) is 3. The molecule has 4 aromatic rings. The van der Waals surface area contributed by atoms with E-state index in [4.69, 9.17) is 0 Å². The van der Waals surface area contributed by atoms with E-state index in [1.807, 2.05) is 85.2 Å². The Labute approximate surface area is 168 Å². The van der Waals surface area contributed by atoms with Crippen molar-refractivity contribution in [3.8, 4) is 0 Å². The molecule has 0 saturated carbocycles. The van der Waals surface area contributed by atoms with Crippen LogP contribution in [0.1, 0.15) is 23.1 Å². The van der Waals surface area contributed by atoms with Crippen LogP contribution in [0.3, 0.4) is 0 Å². The van der Waals surface area contributed by atoms with Crippen molar-refractivity contribution in [2.24, 2.45) is 0 Å². The highest BCUT2D eigenvalue weighted by molar-refractivity contribution is 6.05. The zero-order valence-electron chi connectivity index (χ0n) is 16.3. The van der Waals surface area contributed by atoms with E-state index in [1.165, 1.54) is 0 Å². The number of carbonyl (C=O) groups excluding carboxylic acids is 1. The monoisotopic (exact) mass is 386 g/mol. The van der Waals surface area contributed by atoms with Crippen LogP contribution in [-0.4, -0.2) is 26.8 Å². The number of nitrogens with zero attached hydrogens (tertiary/aromatic N) is 3. The molecule has 3 N–H and O–H groups in total. The molecule has 1 amide bonds. The number of amides is 1. The van der Waals surface area contributed by atoms with Crippen molar-refractivity contribution in [2.45, 2.75) is 13.8 Å². The Kier molecular flexibility index (Phi) is 5.11. The number of aryl methyl sites for hydroxylation is 1. The van der Waals surface area contributed by atoms with E-state index in [9.17, 15) is 4.79 Å². The summed E-state index contributed by atoms with van der Waals surface area (Å²) in [6, 6.07) is 17.1. The minimum absolute atomic E-state index is 0.142. The van der Waals surface area contributed by atoms with Crippen LogP contribution in [0.2, 0.25) is 0 Å². The molecule has 7 nitrogen and oxygen atoms in total. The third-order valence-corrected chi connectivity index (χ3v) is 4.38.